The van der Waals surface area contributed by atoms with Gasteiger partial charge in [-0.3, -0.25) is 4.79 Å². The Morgan fingerprint density at radius 3 is 2.30 bits per heavy atom. The fourth-order valence-corrected chi connectivity index (χ4v) is 1.90. The van der Waals surface area contributed by atoms with Crippen molar-refractivity contribution in [1.29, 1.82) is 0 Å². The standard InChI is InChI=1S/C15H29NO4/c1-6-7-19-14(17)9-13(8-11(2)3)10-16-15(18)20-12(4)5/h11-13H,6-10H2,1-5H3,(H,16,18)/t13-/m0/s1. The lowest BCUT2D eigenvalue weighted by molar-refractivity contribution is -0.144. The van der Waals surface area contributed by atoms with E-state index in [0.717, 1.165) is 12.8 Å². The molecule has 1 atom stereocenters. The number of ether oxygens (including phenoxy) is 2. The Bertz CT molecular complexity index is 290. The van der Waals surface area contributed by atoms with Gasteiger partial charge in [0.2, 0.25) is 0 Å². The van der Waals surface area contributed by atoms with Crippen LogP contribution in [0.2, 0.25) is 0 Å². The first-order valence-electron chi connectivity index (χ1n) is 7.45. The zero-order valence-electron chi connectivity index (χ0n) is 13.4. The summed E-state index contributed by atoms with van der Waals surface area (Å²) in [5, 5.41) is 2.71. The predicted molar refractivity (Wildman–Crippen MR) is 78.4 cm³/mol. The van der Waals surface area contributed by atoms with Crippen LogP contribution in [0.25, 0.3) is 0 Å². The number of carbonyl (C=O) groups is 2. The van der Waals surface area contributed by atoms with Gasteiger partial charge in [-0.15, -0.1) is 0 Å². The monoisotopic (exact) mass is 287 g/mol. The Morgan fingerprint density at radius 2 is 1.80 bits per heavy atom. The van der Waals surface area contributed by atoms with E-state index < -0.39 is 6.09 Å². The van der Waals surface area contributed by atoms with Crippen LogP contribution in [0.3, 0.4) is 0 Å². The van der Waals surface area contributed by atoms with Gasteiger partial charge in [0.15, 0.2) is 0 Å². The molecule has 0 aliphatic heterocycles. The molecular weight excluding hydrogens is 258 g/mol. The van der Waals surface area contributed by atoms with E-state index in [0.29, 0.717) is 25.5 Å². The third kappa shape index (κ3) is 10.6. The maximum absolute atomic E-state index is 11.7. The molecule has 0 aliphatic carbocycles. The molecule has 0 saturated heterocycles. The number of hydrogen-bond acceptors (Lipinski definition) is 4. The minimum absolute atomic E-state index is 0.0825. The molecule has 0 aliphatic rings. The number of carbonyl (C=O) groups excluding carboxylic acids is 2. The predicted octanol–water partition coefficient (Wildman–Crippen LogP) is 3.13. The first-order valence-corrected chi connectivity index (χ1v) is 7.45. The van der Waals surface area contributed by atoms with E-state index in [1.165, 1.54) is 0 Å². The van der Waals surface area contributed by atoms with Crippen molar-refractivity contribution in [3.63, 3.8) is 0 Å². The van der Waals surface area contributed by atoms with Crippen molar-refractivity contribution in [2.45, 2.75) is 60.0 Å². The van der Waals surface area contributed by atoms with Gasteiger partial charge in [-0.1, -0.05) is 20.8 Å². The molecule has 5 heteroatoms. The summed E-state index contributed by atoms with van der Waals surface area (Å²) in [6.45, 7) is 10.6. The molecule has 118 valence electrons. The molecule has 0 rings (SSSR count). The van der Waals surface area contributed by atoms with Crippen molar-refractivity contribution in [3.8, 4) is 0 Å². The summed E-state index contributed by atoms with van der Waals surface area (Å²) in [5.41, 5.74) is 0. The molecule has 0 saturated carbocycles. The van der Waals surface area contributed by atoms with Crippen LogP contribution in [-0.2, 0) is 14.3 Å². The molecule has 0 radical (unpaired) electrons. The highest BCUT2D eigenvalue weighted by Crippen LogP contribution is 2.15. The van der Waals surface area contributed by atoms with Gasteiger partial charge in [-0.25, -0.2) is 4.79 Å². The molecule has 0 bridgehead atoms. The summed E-state index contributed by atoms with van der Waals surface area (Å²) in [6.07, 6.45) is 1.44. The van der Waals surface area contributed by atoms with Gasteiger partial charge in [0, 0.05) is 6.54 Å². The molecule has 0 unspecified atom stereocenters. The van der Waals surface area contributed by atoms with Gasteiger partial charge in [-0.2, -0.15) is 0 Å². The summed E-state index contributed by atoms with van der Waals surface area (Å²) in [6, 6.07) is 0. The van der Waals surface area contributed by atoms with Gasteiger partial charge >= 0.3 is 12.1 Å². The molecule has 1 amide bonds. The lowest BCUT2D eigenvalue weighted by Crippen LogP contribution is -2.33. The Labute approximate surface area is 122 Å². The molecule has 1 N–H and O–H groups in total. The number of rotatable bonds is 9. The van der Waals surface area contributed by atoms with Crippen LogP contribution in [0.5, 0.6) is 0 Å². The van der Waals surface area contributed by atoms with Crippen molar-refractivity contribution in [2.75, 3.05) is 13.2 Å². The molecule has 5 nitrogen and oxygen atoms in total. The third-order valence-corrected chi connectivity index (χ3v) is 2.61. The molecule has 0 spiro atoms. The van der Waals surface area contributed by atoms with Gasteiger partial charge < -0.3 is 14.8 Å². The third-order valence-electron chi connectivity index (χ3n) is 2.61. The van der Waals surface area contributed by atoms with Gasteiger partial charge in [0.05, 0.1) is 19.1 Å². The van der Waals surface area contributed by atoms with Crippen molar-refractivity contribution in [1.82, 2.24) is 5.32 Å². The largest absolute Gasteiger partial charge is 0.466 e. The van der Waals surface area contributed by atoms with E-state index in [2.05, 4.69) is 19.2 Å². The first-order chi connectivity index (χ1) is 9.35. The number of hydrogen-bond donors (Lipinski definition) is 1. The highest BCUT2D eigenvalue weighted by Gasteiger charge is 2.18. The molecule has 0 aromatic heterocycles. The van der Waals surface area contributed by atoms with Gasteiger partial charge in [0.1, 0.15) is 0 Å². The lowest BCUT2D eigenvalue weighted by atomic mass is 9.94. The van der Waals surface area contributed by atoms with Crippen LogP contribution in [-0.4, -0.2) is 31.3 Å². The van der Waals surface area contributed by atoms with Gasteiger partial charge in [0.25, 0.3) is 0 Å². The maximum atomic E-state index is 11.7. The van der Waals surface area contributed by atoms with Crippen molar-refractivity contribution >= 4 is 12.1 Å². The summed E-state index contributed by atoms with van der Waals surface area (Å²) < 4.78 is 10.1. The van der Waals surface area contributed by atoms with Crippen LogP contribution >= 0.6 is 0 Å². The molecule has 0 heterocycles. The fourth-order valence-electron chi connectivity index (χ4n) is 1.90. The molecule has 0 aromatic carbocycles. The smallest absolute Gasteiger partial charge is 0.407 e. The highest BCUT2D eigenvalue weighted by atomic mass is 16.6. The second kappa shape index (κ2) is 10.5. The van der Waals surface area contributed by atoms with E-state index in [9.17, 15) is 9.59 Å². The second-order valence-corrected chi connectivity index (χ2v) is 5.76. The van der Waals surface area contributed by atoms with Crippen molar-refractivity contribution < 1.29 is 19.1 Å². The normalized spacial score (nSPS) is 12.3. The number of alkyl carbamates (subject to hydrolysis) is 1. The number of nitrogens with one attached hydrogen (secondary N) is 1. The number of esters is 1. The Kier molecular flexibility index (Phi) is 9.86. The van der Waals surface area contributed by atoms with Crippen LogP contribution in [0.15, 0.2) is 0 Å². The average Bonchev–Trinajstić information content (AvgIpc) is 2.32. The average molecular weight is 287 g/mol. The summed E-state index contributed by atoms with van der Waals surface area (Å²) in [7, 11) is 0. The zero-order chi connectivity index (χ0) is 15.5. The van der Waals surface area contributed by atoms with Crippen LogP contribution in [0.1, 0.15) is 53.9 Å². The van der Waals surface area contributed by atoms with E-state index in [-0.39, 0.29) is 18.0 Å². The Balaban J connectivity index is 4.20. The SMILES string of the molecule is CCCOC(=O)C[C@@H](CNC(=O)OC(C)C)CC(C)C. The fraction of sp³-hybridized carbons (Fsp3) is 0.867. The highest BCUT2D eigenvalue weighted by molar-refractivity contribution is 5.70. The quantitative estimate of drug-likeness (QED) is 0.662. The van der Waals surface area contributed by atoms with Crippen LogP contribution < -0.4 is 5.32 Å². The maximum Gasteiger partial charge on any atom is 0.407 e. The minimum atomic E-state index is -0.435. The van der Waals surface area contributed by atoms with Crippen molar-refractivity contribution in [3.05, 3.63) is 0 Å². The topological polar surface area (TPSA) is 64.6 Å². The van der Waals surface area contributed by atoms with E-state index in [1.54, 1.807) is 13.8 Å². The Morgan fingerprint density at radius 1 is 1.15 bits per heavy atom. The minimum Gasteiger partial charge on any atom is -0.466 e. The van der Waals surface area contributed by atoms with Crippen LogP contribution in [0, 0.1) is 11.8 Å². The molecule has 0 fully saturated rings. The molecule has 0 aromatic rings. The summed E-state index contributed by atoms with van der Waals surface area (Å²) in [4.78, 5) is 23.1. The first kappa shape index (κ1) is 18.7. The zero-order valence-corrected chi connectivity index (χ0v) is 13.4. The second-order valence-electron chi connectivity index (χ2n) is 5.76. The van der Waals surface area contributed by atoms with E-state index in [1.807, 2.05) is 6.92 Å². The van der Waals surface area contributed by atoms with E-state index >= 15 is 0 Å². The van der Waals surface area contributed by atoms with Crippen molar-refractivity contribution in [2.24, 2.45) is 11.8 Å². The lowest BCUT2D eigenvalue weighted by Gasteiger charge is -2.19. The molecule has 20 heavy (non-hydrogen) atoms. The summed E-state index contributed by atoms with van der Waals surface area (Å²) in [5.74, 6) is 0.345. The summed E-state index contributed by atoms with van der Waals surface area (Å²) >= 11 is 0. The van der Waals surface area contributed by atoms with Gasteiger partial charge in [-0.05, 0) is 38.5 Å². The number of amides is 1. The van der Waals surface area contributed by atoms with E-state index in [4.69, 9.17) is 9.47 Å². The van der Waals surface area contributed by atoms with Crippen LogP contribution in [0.4, 0.5) is 4.79 Å². The molecular formula is C15H29NO4. The Hall–Kier alpha value is -1.26.